The first-order chi connectivity index (χ1) is 8.19. The first-order valence-corrected chi connectivity index (χ1v) is 4.77. The van der Waals surface area contributed by atoms with Crippen molar-refractivity contribution in [1.82, 2.24) is 19.7 Å². The van der Waals surface area contributed by atoms with Gasteiger partial charge < -0.3 is 10.7 Å². The number of carbonyl (C=O) groups excluding carboxylic acids is 1. The fourth-order valence-electron chi connectivity index (χ4n) is 1.23. The predicted molar refractivity (Wildman–Crippen MR) is 61.0 cm³/mol. The molecule has 2 heterocycles. The Morgan fingerprint density at radius 1 is 1.41 bits per heavy atom. The van der Waals surface area contributed by atoms with Gasteiger partial charge in [0.15, 0.2) is 5.82 Å². The van der Waals surface area contributed by atoms with Gasteiger partial charge in [-0.25, -0.2) is 10.8 Å². The third kappa shape index (κ3) is 2.55. The molecule has 0 unspecified atom stereocenters. The van der Waals surface area contributed by atoms with E-state index in [-0.39, 0.29) is 11.6 Å². The van der Waals surface area contributed by atoms with Crippen LogP contribution in [0.3, 0.4) is 0 Å². The maximum Gasteiger partial charge on any atom is 0.276 e. The molecule has 2 aromatic heterocycles. The van der Waals surface area contributed by atoms with Gasteiger partial charge >= 0.3 is 0 Å². The average molecular weight is 233 g/mol. The van der Waals surface area contributed by atoms with Gasteiger partial charge in [-0.3, -0.25) is 14.5 Å². The number of nitrogens with two attached hydrogens (primary N) is 1. The molecule has 0 aliphatic carbocycles. The van der Waals surface area contributed by atoms with Gasteiger partial charge in [0.1, 0.15) is 5.69 Å². The quantitative estimate of drug-likeness (QED) is 0.498. The molecule has 0 saturated heterocycles. The molecule has 4 N–H and O–H groups in total. The number of aryl methyl sites for hydroxylation is 1. The lowest BCUT2D eigenvalue weighted by molar-refractivity contribution is 0.102. The summed E-state index contributed by atoms with van der Waals surface area (Å²) < 4.78 is 1.58. The molecule has 0 spiro atoms. The van der Waals surface area contributed by atoms with Crippen LogP contribution in [0.2, 0.25) is 0 Å². The summed E-state index contributed by atoms with van der Waals surface area (Å²) >= 11 is 0. The van der Waals surface area contributed by atoms with E-state index in [4.69, 9.17) is 5.84 Å². The van der Waals surface area contributed by atoms with E-state index in [1.807, 2.05) is 0 Å². The number of amides is 1. The first kappa shape index (κ1) is 11.0. The summed E-state index contributed by atoms with van der Waals surface area (Å²) in [5, 5.41) is 6.57. The minimum absolute atomic E-state index is 0.171. The topological polar surface area (TPSA) is 111 Å². The number of hydrogen-bond donors (Lipinski definition) is 3. The lowest BCUT2D eigenvalue weighted by Crippen LogP contribution is -2.16. The molecule has 8 nitrogen and oxygen atoms in total. The van der Waals surface area contributed by atoms with Crippen LogP contribution in [0.1, 0.15) is 10.5 Å². The molecule has 8 heteroatoms. The molecule has 1 amide bonds. The highest BCUT2D eigenvalue weighted by atomic mass is 16.1. The number of rotatable bonds is 3. The average Bonchev–Trinajstić information content (AvgIpc) is 2.75. The SMILES string of the molecule is Cn1cc(NC(=O)c2cncc(NN)n2)cn1. The lowest BCUT2D eigenvalue weighted by Gasteiger charge is -2.03. The smallest absolute Gasteiger partial charge is 0.276 e. The van der Waals surface area contributed by atoms with Gasteiger partial charge in [-0.1, -0.05) is 0 Å². The van der Waals surface area contributed by atoms with E-state index in [0.29, 0.717) is 11.5 Å². The molecule has 2 rings (SSSR count). The summed E-state index contributed by atoms with van der Waals surface area (Å²) in [7, 11) is 1.76. The Morgan fingerprint density at radius 2 is 2.24 bits per heavy atom. The molecule has 2 aromatic rings. The van der Waals surface area contributed by atoms with Crippen molar-refractivity contribution in [2.45, 2.75) is 0 Å². The van der Waals surface area contributed by atoms with E-state index >= 15 is 0 Å². The molecule has 0 bridgehead atoms. The fourth-order valence-corrected chi connectivity index (χ4v) is 1.23. The van der Waals surface area contributed by atoms with E-state index in [0.717, 1.165) is 0 Å². The molecule has 0 aliphatic heterocycles. The number of nitrogen functional groups attached to an aromatic ring is 1. The van der Waals surface area contributed by atoms with Crippen molar-refractivity contribution in [1.29, 1.82) is 0 Å². The third-order valence-electron chi connectivity index (χ3n) is 1.98. The van der Waals surface area contributed by atoms with Crippen LogP contribution >= 0.6 is 0 Å². The minimum atomic E-state index is -0.373. The van der Waals surface area contributed by atoms with Gasteiger partial charge in [0.2, 0.25) is 0 Å². The summed E-state index contributed by atoms with van der Waals surface area (Å²) in [6, 6.07) is 0. The number of aromatic nitrogens is 4. The zero-order chi connectivity index (χ0) is 12.3. The molecule has 0 fully saturated rings. The third-order valence-corrected chi connectivity index (χ3v) is 1.98. The van der Waals surface area contributed by atoms with Crippen LogP contribution in [0.5, 0.6) is 0 Å². The monoisotopic (exact) mass is 233 g/mol. The molecular weight excluding hydrogens is 222 g/mol. The normalized spacial score (nSPS) is 10.0. The number of anilines is 2. The zero-order valence-corrected chi connectivity index (χ0v) is 9.08. The maximum absolute atomic E-state index is 11.8. The Bertz CT molecular complexity index is 536. The van der Waals surface area contributed by atoms with Crippen molar-refractivity contribution in [3.8, 4) is 0 Å². The van der Waals surface area contributed by atoms with Crippen molar-refractivity contribution in [3.05, 3.63) is 30.5 Å². The van der Waals surface area contributed by atoms with Gasteiger partial charge in [-0.15, -0.1) is 0 Å². The largest absolute Gasteiger partial charge is 0.318 e. The molecule has 0 atom stereocenters. The number of hydrazine groups is 1. The standard InChI is InChI=1S/C9H11N7O/c1-16-5-6(2-12-16)13-9(17)7-3-11-4-8(14-7)15-10/h2-5H,10H2,1H3,(H,13,17)(H,14,15). The molecule has 0 aromatic carbocycles. The van der Waals surface area contributed by atoms with Gasteiger partial charge in [0.25, 0.3) is 5.91 Å². The van der Waals surface area contributed by atoms with Crippen molar-refractivity contribution in [2.75, 3.05) is 10.7 Å². The molecule has 0 radical (unpaired) electrons. The molecule has 88 valence electrons. The Labute approximate surface area is 96.8 Å². The van der Waals surface area contributed by atoms with Gasteiger partial charge in [0.05, 0.1) is 24.3 Å². The van der Waals surface area contributed by atoms with Gasteiger partial charge in [0, 0.05) is 13.2 Å². The molecule has 0 aliphatic rings. The second kappa shape index (κ2) is 4.58. The van der Waals surface area contributed by atoms with Crippen molar-refractivity contribution >= 4 is 17.4 Å². The van der Waals surface area contributed by atoms with Gasteiger partial charge in [-0.05, 0) is 0 Å². The van der Waals surface area contributed by atoms with E-state index in [1.54, 1.807) is 17.9 Å². The lowest BCUT2D eigenvalue weighted by atomic mass is 10.4. The number of carbonyl (C=O) groups is 1. The van der Waals surface area contributed by atoms with Crippen LogP contribution in [-0.4, -0.2) is 25.7 Å². The van der Waals surface area contributed by atoms with E-state index in [9.17, 15) is 4.79 Å². The minimum Gasteiger partial charge on any atom is -0.318 e. The van der Waals surface area contributed by atoms with Crippen LogP contribution in [0, 0.1) is 0 Å². The number of nitrogens with one attached hydrogen (secondary N) is 2. The summed E-state index contributed by atoms with van der Waals surface area (Å²) in [6.45, 7) is 0. The summed E-state index contributed by atoms with van der Waals surface area (Å²) in [4.78, 5) is 19.6. The van der Waals surface area contributed by atoms with Crippen LogP contribution < -0.4 is 16.6 Å². The summed E-state index contributed by atoms with van der Waals surface area (Å²) in [6.07, 6.45) is 5.99. The molecule has 0 saturated carbocycles. The highest BCUT2D eigenvalue weighted by Crippen LogP contribution is 2.07. The van der Waals surface area contributed by atoms with Crippen LogP contribution in [0.4, 0.5) is 11.5 Å². The van der Waals surface area contributed by atoms with Crippen molar-refractivity contribution < 1.29 is 4.79 Å². The van der Waals surface area contributed by atoms with E-state index in [1.165, 1.54) is 18.6 Å². The van der Waals surface area contributed by atoms with Crippen LogP contribution in [-0.2, 0) is 7.05 Å². The van der Waals surface area contributed by atoms with Gasteiger partial charge in [-0.2, -0.15) is 5.10 Å². The highest BCUT2D eigenvalue weighted by molar-refractivity contribution is 6.02. The Balaban J connectivity index is 2.14. The summed E-state index contributed by atoms with van der Waals surface area (Å²) in [5.41, 5.74) is 3.08. The van der Waals surface area contributed by atoms with E-state index < -0.39 is 0 Å². The van der Waals surface area contributed by atoms with Crippen LogP contribution in [0.25, 0.3) is 0 Å². The zero-order valence-electron chi connectivity index (χ0n) is 9.08. The maximum atomic E-state index is 11.8. The first-order valence-electron chi connectivity index (χ1n) is 4.77. The Morgan fingerprint density at radius 3 is 2.88 bits per heavy atom. The summed E-state index contributed by atoms with van der Waals surface area (Å²) in [5.74, 6) is 5.13. The Hall–Kier alpha value is -2.48. The molecule has 17 heavy (non-hydrogen) atoms. The predicted octanol–water partition coefficient (Wildman–Crippen LogP) is -0.252. The number of hydrogen-bond acceptors (Lipinski definition) is 6. The van der Waals surface area contributed by atoms with Crippen molar-refractivity contribution in [3.63, 3.8) is 0 Å². The Kier molecular flexibility index (Phi) is 2.97. The number of nitrogens with zero attached hydrogens (tertiary/aromatic N) is 4. The highest BCUT2D eigenvalue weighted by Gasteiger charge is 2.09. The van der Waals surface area contributed by atoms with Crippen LogP contribution in [0.15, 0.2) is 24.8 Å². The van der Waals surface area contributed by atoms with E-state index in [2.05, 4.69) is 25.8 Å². The van der Waals surface area contributed by atoms with Crippen molar-refractivity contribution in [2.24, 2.45) is 12.9 Å². The fraction of sp³-hybridized carbons (Fsp3) is 0.111. The second-order valence-corrected chi connectivity index (χ2v) is 3.29. The molecular formula is C9H11N7O. The second-order valence-electron chi connectivity index (χ2n) is 3.29.